The second-order valence-corrected chi connectivity index (χ2v) is 7.08. The van der Waals surface area contributed by atoms with Crippen molar-refractivity contribution in [2.45, 2.75) is 13.3 Å². The smallest absolute Gasteiger partial charge is 0.306 e. The van der Waals surface area contributed by atoms with Gasteiger partial charge in [0.05, 0.1) is 18.7 Å². The van der Waals surface area contributed by atoms with Crippen LogP contribution in [0.3, 0.4) is 0 Å². The SMILES string of the molecule is Cc1c(-c2ccccc2)cc(-c2ccccc2)n1-c1ccc(OCCC(=O)O)cc1. The third kappa shape index (κ3) is 4.13. The number of benzene rings is 3. The number of hydrogen-bond acceptors (Lipinski definition) is 2. The summed E-state index contributed by atoms with van der Waals surface area (Å²) in [7, 11) is 0. The lowest BCUT2D eigenvalue weighted by molar-refractivity contribution is -0.137. The van der Waals surface area contributed by atoms with E-state index in [1.54, 1.807) is 0 Å². The van der Waals surface area contributed by atoms with Crippen LogP contribution in [-0.2, 0) is 4.79 Å². The molecule has 30 heavy (non-hydrogen) atoms. The lowest BCUT2D eigenvalue weighted by Gasteiger charge is -2.13. The number of rotatable bonds is 7. The molecule has 0 aliphatic rings. The fraction of sp³-hybridized carbons (Fsp3) is 0.115. The van der Waals surface area contributed by atoms with E-state index in [0.29, 0.717) is 5.75 Å². The van der Waals surface area contributed by atoms with E-state index in [1.807, 2.05) is 48.5 Å². The second kappa shape index (κ2) is 8.70. The first-order valence-corrected chi connectivity index (χ1v) is 9.91. The summed E-state index contributed by atoms with van der Waals surface area (Å²) in [4.78, 5) is 10.7. The summed E-state index contributed by atoms with van der Waals surface area (Å²) in [6, 6.07) is 30.7. The highest BCUT2D eigenvalue weighted by molar-refractivity contribution is 5.77. The van der Waals surface area contributed by atoms with Crippen molar-refractivity contribution in [3.8, 4) is 33.8 Å². The van der Waals surface area contributed by atoms with Crippen LogP contribution in [0.25, 0.3) is 28.1 Å². The summed E-state index contributed by atoms with van der Waals surface area (Å²) in [5.74, 6) is -0.204. The zero-order chi connectivity index (χ0) is 20.9. The predicted molar refractivity (Wildman–Crippen MR) is 119 cm³/mol. The maximum absolute atomic E-state index is 10.7. The van der Waals surface area contributed by atoms with Crippen molar-refractivity contribution in [3.63, 3.8) is 0 Å². The first-order chi connectivity index (χ1) is 14.6. The van der Waals surface area contributed by atoms with Crippen molar-refractivity contribution >= 4 is 5.97 Å². The van der Waals surface area contributed by atoms with E-state index in [0.717, 1.165) is 22.6 Å². The van der Waals surface area contributed by atoms with Gasteiger partial charge in [0.2, 0.25) is 0 Å². The van der Waals surface area contributed by atoms with Crippen LogP contribution in [0.5, 0.6) is 5.75 Å². The number of ether oxygens (including phenoxy) is 1. The molecule has 150 valence electrons. The predicted octanol–water partition coefficient (Wildman–Crippen LogP) is 5.97. The van der Waals surface area contributed by atoms with Gasteiger partial charge in [0, 0.05) is 16.9 Å². The number of hydrogen-bond donors (Lipinski definition) is 1. The molecule has 0 radical (unpaired) electrons. The van der Waals surface area contributed by atoms with E-state index >= 15 is 0 Å². The Morgan fingerprint density at radius 3 is 2.07 bits per heavy atom. The fourth-order valence-corrected chi connectivity index (χ4v) is 3.62. The lowest BCUT2D eigenvalue weighted by Crippen LogP contribution is -2.05. The molecule has 3 aromatic carbocycles. The molecule has 4 heteroatoms. The highest BCUT2D eigenvalue weighted by atomic mass is 16.5. The first kappa shape index (κ1) is 19.5. The largest absolute Gasteiger partial charge is 0.493 e. The molecular formula is C26H23NO3. The summed E-state index contributed by atoms with van der Waals surface area (Å²) >= 11 is 0. The molecule has 4 nitrogen and oxygen atoms in total. The first-order valence-electron chi connectivity index (χ1n) is 9.91. The maximum atomic E-state index is 10.7. The number of aromatic nitrogens is 1. The summed E-state index contributed by atoms with van der Waals surface area (Å²) in [5, 5.41) is 8.77. The van der Waals surface area contributed by atoms with Gasteiger partial charge in [-0.2, -0.15) is 0 Å². The topological polar surface area (TPSA) is 51.5 Å². The van der Waals surface area contributed by atoms with Gasteiger partial charge < -0.3 is 14.4 Å². The van der Waals surface area contributed by atoms with Crippen molar-refractivity contribution in [2.24, 2.45) is 0 Å². The quantitative estimate of drug-likeness (QED) is 0.418. The highest BCUT2D eigenvalue weighted by Gasteiger charge is 2.16. The van der Waals surface area contributed by atoms with E-state index < -0.39 is 5.97 Å². The van der Waals surface area contributed by atoms with Gasteiger partial charge in [-0.25, -0.2) is 0 Å². The number of carbonyl (C=O) groups is 1. The van der Waals surface area contributed by atoms with Crippen molar-refractivity contribution in [1.82, 2.24) is 4.57 Å². The van der Waals surface area contributed by atoms with Gasteiger partial charge in [-0.15, -0.1) is 0 Å². The molecule has 4 rings (SSSR count). The molecule has 0 atom stereocenters. The Morgan fingerprint density at radius 1 is 0.867 bits per heavy atom. The Hall–Kier alpha value is -3.79. The van der Waals surface area contributed by atoms with Crippen LogP contribution >= 0.6 is 0 Å². The Bertz CT molecular complexity index is 1130. The van der Waals surface area contributed by atoms with Gasteiger partial charge in [-0.05, 0) is 48.4 Å². The van der Waals surface area contributed by atoms with Crippen LogP contribution in [0.1, 0.15) is 12.1 Å². The van der Waals surface area contributed by atoms with E-state index in [4.69, 9.17) is 9.84 Å². The molecule has 0 saturated carbocycles. The molecule has 0 unspecified atom stereocenters. The second-order valence-electron chi connectivity index (χ2n) is 7.08. The molecule has 1 N–H and O–H groups in total. The monoisotopic (exact) mass is 397 g/mol. The van der Waals surface area contributed by atoms with Crippen LogP contribution in [0.15, 0.2) is 91.0 Å². The van der Waals surface area contributed by atoms with Gasteiger partial charge in [-0.1, -0.05) is 60.7 Å². The molecule has 0 fully saturated rings. The standard InChI is InChI=1S/C26H23NO3/c1-19-24(20-8-4-2-5-9-20)18-25(21-10-6-3-7-11-21)27(19)22-12-14-23(15-13-22)30-17-16-26(28)29/h2-15,18H,16-17H2,1H3,(H,28,29). The molecule has 0 bridgehead atoms. The average Bonchev–Trinajstić information content (AvgIpc) is 3.12. The van der Waals surface area contributed by atoms with Crippen molar-refractivity contribution in [2.75, 3.05) is 6.61 Å². The molecular weight excluding hydrogens is 374 g/mol. The van der Waals surface area contributed by atoms with Crippen LogP contribution in [0.4, 0.5) is 0 Å². The molecule has 1 heterocycles. The molecule has 0 amide bonds. The van der Waals surface area contributed by atoms with E-state index in [2.05, 4.69) is 54.0 Å². The number of carboxylic acids is 1. The van der Waals surface area contributed by atoms with Crippen LogP contribution in [0.2, 0.25) is 0 Å². The highest BCUT2D eigenvalue weighted by Crippen LogP contribution is 2.35. The average molecular weight is 397 g/mol. The maximum Gasteiger partial charge on any atom is 0.306 e. The lowest BCUT2D eigenvalue weighted by atomic mass is 10.1. The molecule has 0 saturated heterocycles. The van der Waals surface area contributed by atoms with Gasteiger partial charge >= 0.3 is 5.97 Å². The number of nitrogens with zero attached hydrogens (tertiary/aromatic N) is 1. The molecule has 0 aliphatic carbocycles. The Kier molecular flexibility index (Phi) is 5.66. The minimum Gasteiger partial charge on any atom is -0.493 e. The fourth-order valence-electron chi connectivity index (χ4n) is 3.62. The zero-order valence-electron chi connectivity index (χ0n) is 16.8. The molecule has 0 aliphatic heterocycles. The minimum atomic E-state index is -0.865. The summed E-state index contributed by atoms with van der Waals surface area (Å²) < 4.78 is 7.79. The zero-order valence-corrected chi connectivity index (χ0v) is 16.8. The Morgan fingerprint density at radius 2 is 1.47 bits per heavy atom. The van der Waals surface area contributed by atoms with Crippen LogP contribution in [-0.4, -0.2) is 22.2 Å². The molecule has 0 spiro atoms. The van der Waals surface area contributed by atoms with Gasteiger partial charge in [0.25, 0.3) is 0 Å². The summed E-state index contributed by atoms with van der Waals surface area (Å²) in [5.41, 5.74) is 6.81. The van der Waals surface area contributed by atoms with Crippen molar-refractivity contribution in [3.05, 3.63) is 96.7 Å². The van der Waals surface area contributed by atoms with E-state index in [-0.39, 0.29) is 13.0 Å². The minimum absolute atomic E-state index is 0.0168. The van der Waals surface area contributed by atoms with Crippen LogP contribution < -0.4 is 4.74 Å². The van der Waals surface area contributed by atoms with Gasteiger partial charge in [-0.3, -0.25) is 4.79 Å². The Balaban J connectivity index is 1.75. The third-order valence-electron chi connectivity index (χ3n) is 5.08. The third-order valence-corrected chi connectivity index (χ3v) is 5.08. The van der Waals surface area contributed by atoms with Crippen LogP contribution in [0, 0.1) is 6.92 Å². The Labute approximate surface area is 176 Å². The summed E-state index contributed by atoms with van der Waals surface area (Å²) in [6.07, 6.45) is -0.0168. The number of aliphatic carboxylic acids is 1. The van der Waals surface area contributed by atoms with Gasteiger partial charge in [0.15, 0.2) is 0 Å². The molecule has 1 aromatic heterocycles. The van der Waals surface area contributed by atoms with E-state index in [1.165, 1.54) is 11.1 Å². The van der Waals surface area contributed by atoms with Gasteiger partial charge in [0.1, 0.15) is 5.75 Å². The van der Waals surface area contributed by atoms with Crippen molar-refractivity contribution < 1.29 is 14.6 Å². The molecule has 4 aromatic rings. The number of carboxylic acid groups (broad SMARTS) is 1. The summed E-state index contributed by atoms with van der Waals surface area (Å²) in [6.45, 7) is 2.29. The van der Waals surface area contributed by atoms with Crippen molar-refractivity contribution in [1.29, 1.82) is 0 Å². The van der Waals surface area contributed by atoms with E-state index in [9.17, 15) is 4.79 Å². The normalized spacial score (nSPS) is 10.7.